The Kier molecular flexibility index (Phi) is 2.09. The predicted octanol–water partition coefficient (Wildman–Crippen LogP) is 0.611. The standard InChI is InChI=1S/C6H9N3O3/c1-4-6(9(11)12)3-7-8(4)5(2)10/h3,5,10H,1-2H3. The fraction of sp³-hybridized carbons (Fsp3) is 0.500. The van der Waals surface area contributed by atoms with Gasteiger partial charge in [0.25, 0.3) is 0 Å². The highest BCUT2D eigenvalue weighted by atomic mass is 16.6. The van der Waals surface area contributed by atoms with Crippen molar-refractivity contribution in [3.63, 3.8) is 0 Å². The van der Waals surface area contributed by atoms with Gasteiger partial charge >= 0.3 is 5.69 Å². The highest BCUT2D eigenvalue weighted by Crippen LogP contribution is 2.18. The van der Waals surface area contributed by atoms with Gasteiger partial charge in [0.2, 0.25) is 0 Å². The molecule has 0 amide bonds. The third kappa shape index (κ3) is 1.28. The van der Waals surface area contributed by atoms with E-state index < -0.39 is 11.2 Å². The molecule has 0 aliphatic rings. The fourth-order valence-electron chi connectivity index (χ4n) is 0.970. The van der Waals surface area contributed by atoms with E-state index in [1.807, 2.05) is 0 Å². The first-order chi connectivity index (χ1) is 5.54. The summed E-state index contributed by atoms with van der Waals surface area (Å²) in [4.78, 5) is 9.80. The molecule has 1 aromatic rings. The normalized spacial score (nSPS) is 12.9. The van der Waals surface area contributed by atoms with Crippen LogP contribution in [-0.2, 0) is 0 Å². The Balaban J connectivity index is 3.13. The molecule has 0 aromatic carbocycles. The molecule has 0 aliphatic carbocycles. The van der Waals surface area contributed by atoms with Crippen LogP contribution in [0.15, 0.2) is 6.20 Å². The third-order valence-corrected chi connectivity index (χ3v) is 1.57. The Hall–Kier alpha value is -1.43. The van der Waals surface area contributed by atoms with Crippen LogP contribution in [0.5, 0.6) is 0 Å². The van der Waals surface area contributed by atoms with E-state index in [4.69, 9.17) is 5.11 Å². The number of aromatic nitrogens is 2. The van der Waals surface area contributed by atoms with Gasteiger partial charge in [0.15, 0.2) is 0 Å². The molecule has 1 heterocycles. The van der Waals surface area contributed by atoms with Crippen molar-refractivity contribution >= 4 is 5.69 Å². The Morgan fingerprint density at radius 1 is 1.83 bits per heavy atom. The van der Waals surface area contributed by atoms with Gasteiger partial charge in [-0.15, -0.1) is 0 Å². The Bertz CT molecular complexity index is 305. The molecule has 1 rings (SSSR count). The van der Waals surface area contributed by atoms with Gasteiger partial charge in [-0.1, -0.05) is 0 Å². The van der Waals surface area contributed by atoms with E-state index in [1.165, 1.54) is 18.5 Å². The molecule has 1 atom stereocenters. The molecule has 12 heavy (non-hydrogen) atoms. The number of aliphatic hydroxyl groups is 1. The summed E-state index contributed by atoms with van der Waals surface area (Å²) in [5.41, 5.74) is 0.283. The van der Waals surface area contributed by atoms with Crippen LogP contribution in [0.25, 0.3) is 0 Å². The molecule has 0 saturated carbocycles. The van der Waals surface area contributed by atoms with E-state index >= 15 is 0 Å². The highest BCUT2D eigenvalue weighted by Gasteiger charge is 2.17. The first-order valence-electron chi connectivity index (χ1n) is 3.40. The van der Waals surface area contributed by atoms with E-state index in [2.05, 4.69) is 5.10 Å². The molecule has 6 heteroatoms. The van der Waals surface area contributed by atoms with E-state index in [9.17, 15) is 10.1 Å². The monoisotopic (exact) mass is 171 g/mol. The maximum atomic E-state index is 10.3. The molecule has 0 saturated heterocycles. The van der Waals surface area contributed by atoms with Crippen LogP contribution in [0.3, 0.4) is 0 Å². The van der Waals surface area contributed by atoms with Crippen molar-refractivity contribution < 1.29 is 10.0 Å². The number of nitro groups is 1. The molecule has 0 spiro atoms. The highest BCUT2D eigenvalue weighted by molar-refractivity contribution is 5.31. The minimum atomic E-state index is -0.835. The van der Waals surface area contributed by atoms with Crippen molar-refractivity contribution in [1.29, 1.82) is 0 Å². The van der Waals surface area contributed by atoms with Crippen molar-refractivity contribution in [1.82, 2.24) is 9.78 Å². The summed E-state index contributed by atoms with van der Waals surface area (Å²) < 4.78 is 1.19. The molecule has 1 unspecified atom stereocenters. The van der Waals surface area contributed by atoms with Crippen LogP contribution in [0.1, 0.15) is 18.8 Å². The predicted molar refractivity (Wildman–Crippen MR) is 40.5 cm³/mol. The van der Waals surface area contributed by atoms with Crippen LogP contribution >= 0.6 is 0 Å². The van der Waals surface area contributed by atoms with Gasteiger partial charge in [-0.3, -0.25) is 10.1 Å². The third-order valence-electron chi connectivity index (χ3n) is 1.57. The quantitative estimate of drug-likeness (QED) is 0.522. The van der Waals surface area contributed by atoms with Gasteiger partial charge in [0.1, 0.15) is 18.1 Å². The lowest BCUT2D eigenvalue weighted by molar-refractivity contribution is -0.385. The summed E-state index contributed by atoms with van der Waals surface area (Å²) in [6.45, 7) is 3.03. The summed E-state index contributed by atoms with van der Waals surface area (Å²) in [5.74, 6) is 0. The lowest BCUT2D eigenvalue weighted by Gasteiger charge is -2.04. The zero-order chi connectivity index (χ0) is 9.30. The second-order valence-corrected chi connectivity index (χ2v) is 2.45. The summed E-state index contributed by atoms with van der Waals surface area (Å²) in [5, 5.41) is 23.1. The number of aliphatic hydroxyl groups excluding tert-OH is 1. The number of hydrogen-bond acceptors (Lipinski definition) is 4. The molecule has 6 nitrogen and oxygen atoms in total. The average molecular weight is 171 g/mol. The molecule has 66 valence electrons. The molecular weight excluding hydrogens is 162 g/mol. The van der Waals surface area contributed by atoms with Crippen molar-refractivity contribution in [2.45, 2.75) is 20.1 Å². The van der Waals surface area contributed by atoms with Gasteiger partial charge in [-0.25, -0.2) is 4.68 Å². The van der Waals surface area contributed by atoms with Gasteiger partial charge in [-0.2, -0.15) is 5.10 Å². The minimum absolute atomic E-state index is 0.0732. The first kappa shape index (κ1) is 8.66. The van der Waals surface area contributed by atoms with Crippen molar-refractivity contribution in [3.8, 4) is 0 Å². The van der Waals surface area contributed by atoms with Crippen LogP contribution in [-0.4, -0.2) is 19.8 Å². The molecule has 0 bridgehead atoms. The van der Waals surface area contributed by atoms with Crippen LogP contribution < -0.4 is 0 Å². The average Bonchev–Trinajstić information content (AvgIpc) is 2.30. The van der Waals surface area contributed by atoms with Gasteiger partial charge in [0.05, 0.1) is 4.92 Å². The Labute approximate surface area is 68.6 Å². The van der Waals surface area contributed by atoms with Gasteiger partial charge in [-0.05, 0) is 13.8 Å². The van der Waals surface area contributed by atoms with Crippen molar-refractivity contribution in [2.24, 2.45) is 0 Å². The van der Waals surface area contributed by atoms with E-state index in [-0.39, 0.29) is 5.69 Å². The zero-order valence-electron chi connectivity index (χ0n) is 6.76. The first-order valence-corrected chi connectivity index (χ1v) is 3.40. The summed E-state index contributed by atoms with van der Waals surface area (Å²) in [7, 11) is 0. The second-order valence-electron chi connectivity index (χ2n) is 2.45. The lowest BCUT2D eigenvalue weighted by Crippen LogP contribution is -2.07. The molecule has 0 radical (unpaired) electrons. The maximum Gasteiger partial charge on any atom is 0.309 e. The zero-order valence-corrected chi connectivity index (χ0v) is 6.76. The topological polar surface area (TPSA) is 81.2 Å². The van der Waals surface area contributed by atoms with E-state index in [1.54, 1.807) is 0 Å². The van der Waals surface area contributed by atoms with Crippen LogP contribution in [0.2, 0.25) is 0 Å². The number of nitrogens with zero attached hydrogens (tertiary/aromatic N) is 3. The molecule has 1 aromatic heterocycles. The molecule has 1 N–H and O–H groups in total. The van der Waals surface area contributed by atoms with Crippen LogP contribution in [0.4, 0.5) is 5.69 Å². The molecular formula is C6H9N3O3. The summed E-state index contributed by atoms with van der Waals surface area (Å²) >= 11 is 0. The SMILES string of the molecule is Cc1c([N+](=O)[O-])cnn1C(C)O. The minimum Gasteiger partial charge on any atom is -0.372 e. The fourth-order valence-corrected chi connectivity index (χ4v) is 0.970. The molecule has 0 aliphatic heterocycles. The Morgan fingerprint density at radius 3 is 2.67 bits per heavy atom. The van der Waals surface area contributed by atoms with E-state index in [0.717, 1.165) is 6.20 Å². The second kappa shape index (κ2) is 2.90. The Morgan fingerprint density at radius 2 is 2.42 bits per heavy atom. The number of rotatable bonds is 2. The van der Waals surface area contributed by atoms with Crippen LogP contribution in [0, 0.1) is 17.0 Å². The van der Waals surface area contributed by atoms with Gasteiger partial charge < -0.3 is 5.11 Å². The smallest absolute Gasteiger partial charge is 0.309 e. The number of hydrogen-bond donors (Lipinski definition) is 1. The maximum absolute atomic E-state index is 10.3. The summed E-state index contributed by atoms with van der Waals surface area (Å²) in [6.07, 6.45) is 0.292. The largest absolute Gasteiger partial charge is 0.372 e. The lowest BCUT2D eigenvalue weighted by atomic mass is 10.4. The van der Waals surface area contributed by atoms with Crippen molar-refractivity contribution in [3.05, 3.63) is 22.0 Å². The van der Waals surface area contributed by atoms with Gasteiger partial charge in [0, 0.05) is 0 Å². The van der Waals surface area contributed by atoms with Crippen molar-refractivity contribution in [2.75, 3.05) is 0 Å². The summed E-state index contributed by atoms with van der Waals surface area (Å²) in [6, 6.07) is 0. The molecule has 0 fully saturated rings. The van der Waals surface area contributed by atoms with E-state index in [0.29, 0.717) is 5.69 Å².